The lowest BCUT2D eigenvalue weighted by atomic mass is 9.72. The van der Waals surface area contributed by atoms with Gasteiger partial charge in [-0.3, -0.25) is 4.79 Å². The number of carbonyl (C=O) groups excluding carboxylic acids is 1. The maximum Gasteiger partial charge on any atom is 0.271 e. The molecule has 1 amide bonds. The van der Waals surface area contributed by atoms with E-state index in [9.17, 15) is 13.2 Å². The van der Waals surface area contributed by atoms with Gasteiger partial charge in [0.2, 0.25) is 10.0 Å². The van der Waals surface area contributed by atoms with Crippen LogP contribution < -0.4 is 10.6 Å². The van der Waals surface area contributed by atoms with E-state index in [1.54, 1.807) is 0 Å². The zero-order chi connectivity index (χ0) is 18.8. The maximum absolute atomic E-state index is 12.2. The van der Waals surface area contributed by atoms with Crippen molar-refractivity contribution in [1.82, 2.24) is 5.43 Å². The summed E-state index contributed by atoms with van der Waals surface area (Å²) in [4.78, 5) is 11.9. The molecule has 1 aromatic carbocycles. The van der Waals surface area contributed by atoms with Crippen LogP contribution in [0.1, 0.15) is 56.8 Å². The Hall–Kier alpha value is -1.44. The Balaban J connectivity index is 2.04. The molecular formula is C17H24ClN3O3S. The minimum Gasteiger partial charge on any atom is -0.267 e. The van der Waals surface area contributed by atoms with Crippen LogP contribution >= 0.6 is 11.6 Å². The summed E-state index contributed by atoms with van der Waals surface area (Å²) >= 11 is 5.82. The quantitative estimate of drug-likeness (QED) is 0.780. The van der Waals surface area contributed by atoms with Crippen molar-refractivity contribution in [2.75, 3.05) is 0 Å². The monoisotopic (exact) mass is 385 g/mol. The van der Waals surface area contributed by atoms with Crippen LogP contribution in [0.5, 0.6) is 0 Å². The molecule has 8 heteroatoms. The van der Waals surface area contributed by atoms with Crippen molar-refractivity contribution in [3.8, 4) is 0 Å². The molecule has 0 aromatic heterocycles. The summed E-state index contributed by atoms with van der Waals surface area (Å²) in [5, 5.41) is 9.27. The Kier molecular flexibility index (Phi) is 5.91. The summed E-state index contributed by atoms with van der Waals surface area (Å²) in [7, 11) is -3.99. The topological polar surface area (TPSA) is 102 Å². The first kappa shape index (κ1) is 19.9. The Bertz CT molecular complexity index is 788. The highest BCUT2D eigenvalue weighted by Gasteiger charge is 2.28. The van der Waals surface area contributed by atoms with Gasteiger partial charge in [-0.15, -0.1) is 0 Å². The summed E-state index contributed by atoms with van der Waals surface area (Å²) in [5.74, 6) is 0.155. The van der Waals surface area contributed by atoms with Gasteiger partial charge in [-0.25, -0.2) is 19.0 Å². The van der Waals surface area contributed by atoms with Crippen molar-refractivity contribution in [1.29, 1.82) is 0 Å². The molecule has 0 atom stereocenters. The Morgan fingerprint density at radius 3 is 2.40 bits per heavy atom. The summed E-state index contributed by atoms with van der Waals surface area (Å²) in [6.45, 7) is 6.72. The van der Waals surface area contributed by atoms with E-state index in [0.717, 1.165) is 37.5 Å². The van der Waals surface area contributed by atoms with E-state index in [2.05, 4.69) is 31.3 Å². The third-order valence-corrected chi connectivity index (χ3v) is 6.00. The highest BCUT2D eigenvalue weighted by atomic mass is 35.5. The molecule has 0 heterocycles. The molecule has 0 bridgehead atoms. The highest BCUT2D eigenvalue weighted by Crippen LogP contribution is 2.36. The van der Waals surface area contributed by atoms with E-state index in [1.807, 2.05) is 0 Å². The van der Waals surface area contributed by atoms with Crippen LogP contribution in [0.3, 0.4) is 0 Å². The van der Waals surface area contributed by atoms with E-state index in [4.69, 9.17) is 16.7 Å². The van der Waals surface area contributed by atoms with Crippen LogP contribution in [0.4, 0.5) is 0 Å². The molecule has 1 aromatic rings. The van der Waals surface area contributed by atoms with E-state index >= 15 is 0 Å². The van der Waals surface area contributed by atoms with Gasteiger partial charge in [-0.05, 0) is 55.2 Å². The second-order valence-corrected chi connectivity index (χ2v) is 9.39. The van der Waals surface area contributed by atoms with Gasteiger partial charge < -0.3 is 0 Å². The van der Waals surface area contributed by atoms with Crippen LogP contribution in [-0.4, -0.2) is 20.0 Å². The zero-order valence-electron chi connectivity index (χ0n) is 14.7. The molecule has 0 saturated heterocycles. The lowest BCUT2D eigenvalue weighted by Crippen LogP contribution is -2.27. The smallest absolute Gasteiger partial charge is 0.267 e. The molecule has 0 aliphatic heterocycles. The van der Waals surface area contributed by atoms with Crippen molar-refractivity contribution in [2.24, 2.45) is 21.6 Å². The summed E-state index contributed by atoms with van der Waals surface area (Å²) in [6.07, 6.45) is 3.81. The predicted molar refractivity (Wildman–Crippen MR) is 99.1 cm³/mol. The fraction of sp³-hybridized carbons (Fsp3) is 0.529. The first-order chi connectivity index (χ1) is 11.5. The van der Waals surface area contributed by atoms with Gasteiger partial charge in [0.1, 0.15) is 4.90 Å². The average Bonchev–Trinajstić information content (AvgIpc) is 2.51. The Labute approximate surface area is 153 Å². The van der Waals surface area contributed by atoms with Crippen molar-refractivity contribution in [3.63, 3.8) is 0 Å². The molecule has 6 nitrogen and oxygen atoms in total. The van der Waals surface area contributed by atoms with Crippen LogP contribution in [0.15, 0.2) is 28.2 Å². The van der Waals surface area contributed by atoms with Gasteiger partial charge in [0, 0.05) is 11.3 Å². The number of nitrogens with zero attached hydrogens (tertiary/aromatic N) is 1. The summed E-state index contributed by atoms with van der Waals surface area (Å²) in [5.41, 5.74) is 3.86. The number of benzene rings is 1. The third kappa shape index (κ3) is 5.26. The van der Waals surface area contributed by atoms with Gasteiger partial charge in [0.25, 0.3) is 5.91 Å². The number of sulfonamides is 1. The van der Waals surface area contributed by atoms with E-state index in [-0.39, 0.29) is 20.9 Å². The van der Waals surface area contributed by atoms with Gasteiger partial charge >= 0.3 is 0 Å². The molecule has 3 N–H and O–H groups in total. The molecule has 2 rings (SSSR count). The van der Waals surface area contributed by atoms with Crippen LogP contribution in [0, 0.1) is 11.3 Å². The van der Waals surface area contributed by atoms with Gasteiger partial charge in [-0.2, -0.15) is 5.10 Å². The first-order valence-corrected chi connectivity index (χ1v) is 10.1. The molecule has 1 fully saturated rings. The number of rotatable bonds is 3. The molecule has 138 valence electrons. The standard InChI is InChI=1S/C17H24ClN3O3S/c1-17(2,3)12-5-7-13(8-6-12)20-21-16(22)11-4-9-14(18)15(10-11)25(19,23)24/h4,9-10,12H,5-8H2,1-3H3,(H,21,22)(H2,19,23,24). The highest BCUT2D eigenvalue weighted by molar-refractivity contribution is 7.89. The van der Waals surface area contributed by atoms with Crippen molar-refractivity contribution in [3.05, 3.63) is 28.8 Å². The summed E-state index contributed by atoms with van der Waals surface area (Å²) < 4.78 is 23.0. The fourth-order valence-corrected chi connectivity index (χ4v) is 4.06. The number of nitrogens with one attached hydrogen (secondary N) is 1. The molecule has 0 radical (unpaired) electrons. The number of carbonyl (C=O) groups is 1. The number of hydrogen-bond donors (Lipinski definition) is 2. The zero-order valence-corrected chi connectivity index (χ0v) is 16.2. The van der Waals surface area contributed by atoms with Crippen molar-refractivity contribution >= 4 is 33.2 Å². The minimum atomic E-state index is -3.99. The Morgan fingerprint density at radius 2 is 1.88 bits per heavy atom. The number of amides is 1. The van der Waals surface area contributed by atoms with Gasteiger partial charge in [-0.1, -0.05) is 32.4 Å². The number of hydrogen-bond acceptors (Lipinski definition) is 4. The van der Waals surface area contributed by atoms with E-state index < -0.39 is 15.9 Å². The van der Waals surface area contributed by atoms with Crippen LogP contribution in [0.25, 0.3) is 0 Å². The van der Waals surface area contributed by atoms with Crippen molar-refractivity contribution < 1.29 is 13.2 Å². The van der Waals surface area contributed by atoms with Gasteiger partial charge in [0.15, 0.2) is 0 Å². The fourth-order valence-electron chi connectivity index (χ4n) is 2.99. The maximum atomic E-state index is 12.2. The van der Waals surface area contributed by atoms with Crippen molar-refractivity contribution in [2.45, 2.75) is 51.3 Å². The number of primary sulfonamides is 1. The molecule has 1 aliphatic rings. The number of hydrazone groups is 1. The molecule has 0 unspecified atom stereocenters. The number of nitrogens with two attached hydrogens (primary N) is 1. The largest absolute Gasteiger partial charge is 0.271 e. The van der Waals surface area contributed by atoms with E-state index in [0.29, 0.717) is 5.92 Å². The van der Waals surface area contributed by atoms with Crippen LogP contribution in [0.2, 0.25) is 5.02 Å². The lowest BCUT2D eigenvalue weighted by molar-refractivity contribution is 0.0954. The summed E-state index contributed by atoms with van der Waals surface area (Å²) in [6, 6.07) is 3.92. The Morgan fingerprint density at radius 1 is 1.28 bits per heavy atom. The first-order valence-electron chi connectivity index (χ1n) is 8.16. The van der Waals surface area contributed by atoms with Crippen LogP contribution in [-0.2, 0) is 10.0 Å². The molecular weight excluding hydrogens is 362 g/mol. The third-order valence-electron chi connectivity index (χ3n) is 4.60. The molecule has 0 spiro atoms. The predicted octanol–water partition coefficient (Wildman–Crippen LogP) is 3.31. The number of halogens is 1. The molecule has 1 aliphatic carbocycles. The van der Waals surface area contributed by atoms with Gasteiger partial charge in [0.05, 0.1) is 5.02 Å². The lowest BCUT2D eigenvalue weighted by Gasteiger charge is -2.34. The second-order valence-electron chi connectivity index (χ2n) is 7.45. The minimum absolute atomic E-state index is 0.0223. The molecule has 1 saturated carbocycles. The molecule has 25 heavy (non-hydrogen) atoms. The van der Waals surface area contributed by atoms with E-state index in [1.165, 1.54) is 12.1 Å². The second kappa shape index (κ2) is 7.43. The normalized spacial score (nSPS) is 18.8. The average molecular weight is 386 g/mol. The SMILES string of the molecule is CC(C)(C)C1CCC(=NNC(=O)c2ccc(Cl)c(S(N)(=O)=O)c2)CC1.